The summed E-state index contributed by atoms with van der Waals surface area (Å²) in [6.45, 7) is 0. The Morgan fingerprint density at radius 2 is 1.73 bits per heavy atom. The largest absolute Gasteiger partial charge is 0.378 e. The molecule has 110 valence electrons. The quantitative estimate of drug-likeness (QED) is 0.587. The molecule has 0 saturated heterocycles. The zero-order valence-electron chi connectivity index (χ0n) is 12.7. The third-order valence-electron chi connectivity index (χ3n) is 3.40. The van der Waals surface area contributed by atoms with E-state index in [9.17, 15) is 0 Å². The highest BCUT2D eigenvalue weighted by molar-refractivity contribution is 5.82. The Morgan fingerprint density at radius 1 is 0.955 bits per heavy atom. The maximum absolute atomic E-state index is 4.51. The monoisotopic (exact) mass is 290 g/mol. The first-order chi connectivity index (χ1) is 10.7. The van der Waals surface area contributed by atoms with Gasteiger partial charge in [-0.25, -0.2) is 4.98 Å². The zero-order chi connectivity index (χ0) is 15.4. The third-order valence-corrected chi connectivity index (χ3v) is 3.40. The van der Waals surface area contributed by atoms with Gasteiger partial charge in [0.2, 0.25) is 0 Å². The SMILES string of the molecule is CN(C)c1ccc(/C=N/Nc2ccc3ccccc3n2)cc1. The van der Waals surface area contributed by atoms with Gasteiger partial charge in [0, 0.05) is 25.2 Å². The van der Waals surface area contributed by atoms with E-state index < -0.39 is 0 Å². The van der Waals surface area contributed by atoms with Gasteiger partial charge in [-0.2, -0.15) is 5.10 Å². The highest BCUT2D eigenvalue weighted by Crippen LogP contribution is 2.14. The Kier molecular flexibility index (Phi) is 4.01. The maximum atomic E-state index is 4.51. The van der Waals surface area contributed by atoms with Crippen molar-refractivity contribution in [2.45, 2.75) is 0 Å². The fourth-order valence-electron chi connectivity index (χ4n) is 2.16. The number of fused-ring (bicyclic) bond motifs is 1. The molecule has 1 N–H and O–H groups in total. The predicted octanol–water partition coefficient (Wildman–Crippen LogP) is 3.75. The van der Waals surface area contributed by atoms with Crippen LogP contribution in [-0.4, -0.2) is 25.3 Å². The van der Waals surface area contributed by atoms with Gasteiger partial charge in [0.15, 0.2) is 0 Å². The second kappa shape index (κ2) is 6.26. The topological polar surface area (TPSA) is 40.5 Å². The van der Waals surface area contributed by atoms with E-state index in [0.717, 1.165) is 22.3 Å². The summed E-state index contributed by atoms with van der Waals surface area (Å²) in [5, 5.41) is 5.36. The van der Waals surface area contributed by atoms with Gasteiger partial charge in [0.1, 0.15) is 5.82 Å². The van der Waals surface area contributed by atoms with E-state index >= 15 is 0 Å². The van der Waals surface area contributed by atoms with Crippen LogP contribution in [0.4, 0.5) is 11.5 Å². The van der Waals surface area contributed by atoms with Crippen LogP contribution in [0.5, 0.6) is 0 Å². The maximum Gasteiger partial charge on any atom is 0.146 e. The predicted molar refractivity (Wildman–Crippen MR) is 93.7 cm³/mol. The number of benzene rings is 2. The number of nitrogens with one attached hydrogen (secondary N) is 1. The fraction of sp³-hybridized carbons (Fsp3) is 0.111. The first kappa shape index (κ1) is 14.1. The highest BCUT2D eigenvalue weighted by Gasteiger charge is 1.96. The lowest BCUT2D eigenvalue weighted by atomic mass is 10.2. The molecule has 0 amide bonds. The summed E-state index contributed by atoms with van der Waals surface area (Å²) in [5.41, 5.74) is 6.14. The number of nitrogens with zero attached hydrogens (tertiary/aromatic N) is 3. The minimum Gasteiger partial charge on any atom is -0.378 e. The van der Waals surface area contributed by atoms with Crippen molar-refractivity contribution in [3.8, 4) is 0 Å². The molecule has 3 rings (SSSR count). The summed E-state index contributed by atoms with van der Waals surface area (Å²) in [6, 6.07) is 20.2. The van der Waals surface area contributed by atoms with Crippen LogP contribution in [-0.2, 0) is 0 Å². The molecule has 0 atom stereocenters. The summed E-state index contributed by atoms with van der Waals surface area (Å²) in [5.74, 6) is 0.736. The summed E-state index contributed by atoms with van der Waals surface area (Å²) in [7, 11) is 4.05. The molecule has 22 heavy (non-hydrogen) atoms. The molecule has 4 nitrogen and oxygen atoms in total. The number of hydrogen-bond acceptors (Lipinski definition) is 4. The molecule has 0 fully saturated rings. The normalized spacial score (nSPS) is 11.0. The lowest BCUT2D eigenvalue weighted by molar-refractivity contribution is 1.13. The summed E-state index contributed by atoms with van der Waals surface area (Å²) >= 11 is 0. The average Bonchev–Trinajstić information content (AvgIpc) is 2.55. The van der Waals surface area contributed by atoms with Crippen molar-refractivity contribution in [1.29, 1.82) is 0 Å². The van der Waals surface area contributed by atoms with Crippen LogP contribution in [0.2, 0.25) is 0 Å². The molecule has 0 saturated carbocycles. The van der Waals surface area contributed by atoms with Gasteiger partial charge in [-0.05, 0) is 35.9 Å². The molecule has 0 aliphatic carbocycles. The minimum absolute atomic E-state index is 0.736. The third kappa shape index (κ3) is 3.23. The van der Waals surface area contributed by atoms with Gasteiger partial charge >= 0.3 is 0 Å². The average molecular weight is 290 g/mol. The van der Waals surface area contributed by atoms with Crippen LogP contribution in [0, 0.1) is 0 Å². The molecule has 0 aliphatic heterocycles. The molecule has 0 bridgehead atoms. The molecule has 0 radical (unpaired) electrons. The molecule has 0 aliphatic rings. The molecule has 1 heterocycles. The van der Waals surface area contributed by atoms with Crippen molar-refractivity contribution < 1.29 is 0 Å². The smallest absolute Gasteiger partial charge is 0.146 e. The van der Waals surface area contributed by atoms with E-state index in [1.54, 1.807) is 6.21 Å². The Balaban J connectivity index is 1.70. The van der Waals surface area contributed by atoms with E-state index in [-0.39, 0.29) is 0 Å². The lowest BCUT2D eigenvalue weighted by Crippen LogP contribution is -2.08. The number of pyridine rings is 1. The molecule has 3 aromatic rings. The first-order valence-corrected chi connectivity index (χ1v) is 7.15. The molecule has 4 heteroatoms. The van der Waals surface area contributed by atoms with Crippen molar-refractivity contribution in [2.24, 2.45) is 5.10 Å². The van der Waals surface area contributed by atoms with Crippen molar-refractivity contribution in [3.05, 3.63) is 66.2 Å². The van der Waals surface area contributed by atoms with E-state index in [1.165, 1.54) is 5.69 Å². The number of hydrogen-bond donors (Lipinski definition) is 1. The number of para-hydroxylation sites is 1. The van der Waals surface area contributed by atoms with Gasteiger partial charge in [-0.3, -0.25) is 5.43 Å². The van der Waals surface area contributed by atoms with Crippen molar-refractivity contribution >= 4 is 28.6 Å². The molecule has 0 spiro atoms. The number of rotatable bonds is 4. The fourth-order valence-corrected chi connectivity index (χ4v) is 2.16. The lowest BCUT2D eigenvalue weighted by Gasteiger charge is -2.11. The second-order valence-electron chi connectivity index (χ2n) is 5.25. The summed E-state index contributed by atoms with van der Waals surface area (Å²) in [4.78, 5) is 6.58. The molecule has 2 aromatic carbocycles. The van der Waals surface area contributed by atoms with E-state index in [0.29, 0.717) is 0 Å². The van der Waals surface area contributed by atoms with E-state index in [1.807, 2.05) is 62.6 Å². The van der Waals surface area contributed by atoms with E-state index in [4.69, 9.17) is 0 Å². The Hall–Kier alpha value is -2.88. The Labute approximate surface area is 130 Å². The van der Waals surface area contributed by atoms with Crippen LogP contribution in [0.15, 0.2) is 65.8 Å². The van der Waals surface area contributed by atoms with Crippen LogP contribution in [0.1, 0.15) is 5.56 Å². The zero-order valence-corrected chi connectivity index (χ0v) is 12.7. The minimum atomic E-state index is 0.736. The van der Waals surface area contributed by atoms with Gasteiger partial charge < -0.3 is 4.90 Å². The molecular formula is C18H18N4. The number of hydrazone groups is 1. The van der Waals surface area contributed by atoms with Crippen LogP contribution < -0.4 is 10.3 Å². The van der Waals surface area contributed by atoms with Crippen LogP contribution in [0.3, 0.4) is 0 Å². The molecule has 1 aromatic heterocycles. The number of aromatic nitrogens is 1. The number of anilines is 2. The van der Waals surface area contributed by atoms with Crippen molar-refractivity contribution in [3.63, 3.8) is 0 Å². The first-order valence-electron chi connectivity index (χ1n) is 7.15. The molecule has 0 unspecified atom stereocenters. The highest BCUT2D eigenvalue weighted by atomic mass is 15.3. The standard InChI is InChI=1S/C18H18N4/c1-22(2)16-10-7-14(8-11-16)13-19-21-18-12-9-15-5-3-4-6-17(15)20-18/h3-13H,1-2H3,(H,20,21)/b19-13+. The van der Waals surface area contributed by atoms with Gasteiger partial charge in [0.25, 0.3) is 0 Å². The Morgan fingerprint density at radius 3 is 2.50 bits per heavy atom. The van der Waals surface area contributed by atoms with Crippen molar-refractivity contribution in [1.82, 2.24) is 4.98 Å². The van der Waals surface area contributed by atoms with Crippen molar-refractivity contribution in [2.75, 3.05) is 24.4 Å². The van der Waals surface area contributed by atoms with E-state index in [2.05, 4.69) is 32.5 Å². The van der Waals surface area contributed by atoms with Gasteiger partial charge in [-0.15, -0.1) is 0 Å². The second-order valence-corrected chi connectivity index (χ2v) is 5.25. The van der Waals surface area contributed by atoms with Gasteiger partial charge in [0.05, 0.1) is 11.7 Å². The summed E-state index contributed by atoms with van der Waals surface area (Å²) in [6.07, 6.45) is 1.79. The Bertz CT molecular complexity index is 792. The van der Waals surface area contributed by atoms with Crippen LogP contribution >= 0.6 is 0 Å². The molecular weight excluding hydrogens is 272 g/mol. The van der Waals surface area contributed by atoms with Gasteiger partial charge in [-0.1, -0.05) is 30.3 Å². The van der Waals surface area contributed by atoms with Crippen LogP contribution in [0.25, 0.3) is 10.9 Å². The summed E-state index contributed by atoms with van der Waals surface area (Å²) < 4.78 is 0.